The standard InChI is InChI=1S/C18H21F2N3O2.HI/c1-21-18(23-12-13-4-3-5-14(10-13)24-2)22-8-9-25-15-6-7-16(19)17(20)11-15;/h3-7,10-11H,8-9,12H2,1-2H3,(H2,21,22,23);1H. The lowest BCUT2D eigenvalue weighted by molar-refractivity contribution is 0.318. The Morgan fingerprint density at radius 3 is 2.54 bits per heavy atom. The first-order chi connectivity index (χ1) is 12.1. The summed E-state index contributed by atoms with van der Waals surface area (Å²) in [7, 11) is 3.29. The summed E-state index contributed by atoms with van der Waals surface area (Å²) in [5.74, 6) is -0.146. The summed E-state index contributed by atoms with van der Waals surface area (Å²) in [5.41, 5.74) is 1.06. The number of ether oxygens (including phenoxy) is 2. The zero-order chi connectivity index (χ0) is 18.1. The molecule has 0 unspecified atom stereocenters. The summed E-state index contributed by atoms with van der Waals surface area (Å²) in [5, 5.41) is 6.25. The molecule has 0 bridgehead atoms. The summed E-state index contributed by atoms with van der Waals surface area (Å²) in [6, 6.07) is 11.2. The minimum atomic E-state index is -0.929. The number of rotatable bonds is 7. The van der Waals surface area contributed by atoms with Crippen LogP contribution in [0.1, 0.15) is 5.56 Å². The summed E-state index contributed by atoms with van der Waals surface area (Å²) in [6.45, 7) is 1.32. The number of nitrogens with one attached hydrogen (secondary N) is 2. The van der Waals surface area contributed by atoms with Gasteiger partial charge in [-0.3, -0.25) is 4.99 Å². The number of benzene rings is 2. The van der Waals surface area contributed by atoms with Crippen LogP contribution in [0.15, 0.2) is 47.5 Å². The highest BCUT2D eigenvalue weighted by Gasteiger charge is 2.03. The number of hydrogen-bond donors (Lipinski definition) is 2. The molecule has 5 nitrogen and oxygen atoms in total. The van der Waals surface area contributed by atoms with Crippen molar-refractivity contribution >= 4 is 29.9 Å². The molecule has 0 atom stereocenters. The second-order valence-electron chi connectivity index (χ2n) is 5.13. The first kappa shape index (κ1) is 21.9. The molecule has 142 valence electrons. The molecular formula is C18H22F2IN3O2. The van der Waals surface area contributed by atoms with Crippen LogP contribution in [-0.4, -0.2) is 33.3 Å². The van der Waals surface area contributed by atoms with Crippen molar-refractivity contribution in [3.63, 3.8) is 0 Å². The van der Waals surface area contributed by atoms with Crippen LogP contribution in [0.5, 0.6) is 11.5 Å². The highest BCUT2D eigenvalue weighted by molar-refractivity contribution is 14.0. The average Bonchev–Trinajstić information content (AvgIpc) is 2.64. The molecule has 0 fully saturated rings. The lowest BCUT2D eigenvalue weighted by atomic mass is 10.2. The topological polar surface area (TPSA) is 54.9 Å². The maximum Gasteiger partial charge on any atom is 0.191 e. The van der Waals surface area contributed by atoms with Gasteiger partial charge in [-0.2, -0.15) is 0 Å². The number of halogens is 3. The number of nitrogens with zero attached hydrogens (tertiary/aromatic N) is 1. The van der Waals surface area contributed by atoms with E-state index < -0.39 is 11.6 Å². The van der Waals surface area contributed by atoms with Gasteiger partial charge in [0, 0.05) is 19.7 Å². The first-order valence-electron chi connectivity index (χ1n) is 7.77. The quantitative estimate of drug-likeness (QED) is 0.278. The zero-order valence-electron chi connectivity index (χ0n) is 14.6. The monoisotopic (exact) mass is 477 g/mol. The van der Waals surface area contributed by atoms with Crippen molar-refractivity contribution in [3.8, 4) is 11.5 Å². The van der Waals surface area contributed by atoms with Crippen molar-refractivity contribution in [3.05, 3.63) is 59.7 Å². The molecule has 8 heteroatoms. The maximum atomic E-state index is 13.1. The predicted molar refractivity (Wildman–Crippen MR) is 108 cm³/mol. The summed E-state index contributed by atoms with van der Waals surface area (Å²) < 4.78 is 36.5. The fraction of sp³-hybridized carbons (Fsp3) is 0.278. The Balaban J connectivity index is 0.00000338. The molecule has 0 amide bonds. The fourth-order valence-electron chi connectivity index (χ4n) is 2.09. The second kappa shape index (κ2) is 11.5. The molecule has 0 aromatic heterocycles. The lowest BCUT2D eigenvalue weighted by Crippen LogP contribution is -2.38. The molecule has 0 aliphatic heterocycles. The van der Waals surface area contributed by atoms with E-state index in [1.54, 1.807) is 14.2 Å². The largest absolute Gasteiger partial charge is 0.497 e. The van der Waals surface area contributed by atoms with Crippen molar-refractivity contribution < 1.29 is 18.3 Å². The van der Waals surface area contributed by atoms with Gasteiger partial charge in [-0.05, 0) is 29.8 Å². The molecule has 0 heterocycles. The van der Waals surface area contributed by atoms with E-state index in [-0.39, 0.29) is 36.3 Å². The van der Waals surface area contributed by atoms with Gasteiger partial charge in [0.25, 0.3) is 0 Å². The van der Waals surface area contributed by atoms with Gasteiger partial charge in [0.2, 0.25) is 0 Å². The molecule has 2 rings (SSSR count). The Morgan fingerprint density at radius 2 is 1.85 bits per heavy atom. The molecule has 2 aromatic carbocycles. The number of methoxy groups -OCH3 is 1. The highest BCUT2D eigenvalue weighted by Crippen LogP contribution is 2.15. The van der Waals surface area contributed by atoms with Gasteiger partial charge in [0.15, 0.2) is 17.6 Å². The van der Waals surface area contributed by atoms with E-state index in [4.69, 9.17) is 9.47 Å². The van der Waals surface area contributed by atoms with Gasteiger partial charge in [-0.25, -0.2) is 8.78 Å². The van der Waals surface area contributed by atoms with Crippen molar-refractivity contribution in [1.29, 1.82) is 0 Å². The summed E-state index contributed by atoms with van der Waals surface area (Å²) >= 11 is 0. The van der Waals surface area contributed by atoms with E-state index in [0.717, 1.165) is 23.4 Å². The molecule has 0 spiro atoms. The lowest BCUT2D eigenvalue weighted by Gasteiger charge is -2.13. The molecule has 0 saturated heterocycles. The molecule has 0 saturated carbocycles. The second-order valence-corrected chi connectivity index (χ2v) is 5.13. The molecule has 2 aromatic rings. The molecule has 0 aliphatic rings. The zero-order valence-corrected chi connectivity index (χ0v) is 16.9. The smallest absolute Gasteiger partial charge is 0.191 e. The SMILES string of the molecule is CN=C(NCCOc1ccc(F)c(F)c1)NCc1cccc(OC)c1.I. The number of hydrogen-bond acceptors (Lipinski definition) is 3. The van der Waals surface area contributed by atoms with Gasteiger partial charge in [0.1, 0.15) is 18.1 Å². The van der Waals surface area contributed by atoms with Crippen LogP contribution in [0.4, 0.5) is 8.78 Å². The summed E-state index contributed by atoms with van der Waals surface area (Å²) in [6.07, 6.45) is 0. The van der Waals surface area contributed by atoms with Crippen LogP contribution in [-0.2, 0) is 6.54 Å². The highest BCUT2D eigenvalue weighted by atomic mass is 127. The first-order valence-corrected chi connectivity index (χ1v) is 7.77. The van der Waals surface area contributed by atoms with E-state index in [2.05, 4.69) is 15.6 Å². The third kappa shape index (κ3) is 7.03. The van der Waals surface area contributed by atoms with Crippen molar-refractivity contribution in [1.82, 2.24) is 10.6 Å². The average molecular weight is 477 g/mol. The Hall–Kier alpha value is -2.10. The van der Waals surface area contributed by atoms with Gasteiger partial charge >= 0.3 is 0 Å². The van der Waals surface area contributed by atoms with E-state index in [1.165, 1.54) is 6.07 Å². The Kier molecular flexibility index (Phi) is 9.71. The third-order valence-electron chi connectivity index (χ3n) is 3.37. The van der Waals surface area contributed by atoms with Gasteiger partial charge in [-0.1, -0.05) is 12.1 Å². The Morgan fingerprint density at radius 1 is 1.04 bits per heavy atom. The van der Waals surface area contributed by atoms with E-state index >= 15 is 0 Å². The van der Waals surface area contributed by atoms with E-state index in [0.29, 0.717) is 19.0 Å². The number of aliphatic imine (C=N–C) groups is 1. The fourth-order valence-corrected chi connectivity index (χ4v) is 2.09. The van der Waals surface area contributed by atoms with Crippen LogP contribution in [0.25, 0.3) is 0 Å². The normalized spacial score (nSPS) is 10.7. The minimum Gasteiger partial charge on any atom is -0.497 e. The molecule has 0 aliphatic carbocycles. The van der Waals surface area contributed by atoms with Gasteiger partial charge < -0.3 is 20.1 Å². The molecule has 2 N–H and O–H groups in total. The Labute approximate surface area is 168 Å². The van der Waals surface area contributed by atoms with Crippen LogP contribution in [0.3, 0.4) is 0 Å². The summed E-state index contributed by atoms with van der Waals surface area (Å²) in [4.78, 5) is 4.11. The van der Waals surface area contributed by atoms with Crippen LogP contribution in [0.2, 0.25) is 0 Å². The van der Waals surface area contributed by atoms with Crippen LogP contribution < -0.4 is 20.1 Å². The van der Waals surface area contributed by atoms with Crippen molar-refractivity contribution in [2.45, 2.75) is 6.54 Å². The Bertz CT molecular complexity index is 729. The number of guanidine groups is 1. The minimum absolute atomic E-state index is 0. The van der Waals surface area contributed by atoms with Crippen molar-refractivity contribution in [2.75, 3.05) is 27.3 Å². The van der Waals surface area contributed by atoms with Crippen LogP contribution in [0, 0.1) is 11.6 Å². The molecule has 26 heavy (non-hydrogen) atoms. The maximum absolute atomic E-state index is 13.1. The van der Waals surface area contributed by atoms with Crippen LogP contribution >= 0.6 is 24.0 Å². The van der Waals surface area contributed by atoms with E-state index in [9.17, 15) is 8.78 Å². The van der Waals surface area contributed by atoms with Gasteiger partial charge in [-0.15, -0.1) is 24.0 Å². The predicted octanol–water partition coefficient (Wildman–Crippen LogP) is 3.34. The van der Waals surface area contributed by atoms with Crippen molar-refractivity contribution in [2.24, 2.45) is 4.99 Å². The van der Waals surface area contributed by atoms with Gasteiger partial charge in [0.05, 0.1) is 13.7 Å². The molecule has 0 radical (unpaired) electrons. The molecular weight excluding hydrogens is 455 g/mol. The van der Waals surface area contributed by atoms with E-state index in [1.807, 2.05) is 24.3 Å². The third-order valence-corrected chi connectivity index (χ3v) is 3.37.